The van der Waals surface area contributed by atoms with Gasteiger partial charge in [-0.2, -0.15) is 0 Å². The van der Waals surface area contributed by atoms with Crippen LogP contribution in [-0.4, -0.2) is 23.2 Å². The van der Waals surface area contributed by atoms with E-state index in [4.69, 9.17) is 14.9 Å². The predicted molar refractivity (Wildman–Crippen MR) is 113 cm³/mol. The van der Waals surface area contributed by atoms with Gasteiger partial charge in [0.1, 0.15) is 33.5 Å². The van der Waals surface area contributed by atoms with Crippen LogP contribution in [0.4, 0.5) is 9.18 Å². The number of carbonyl (C=O) groups excluding carboxylic acids is 2. The molecule has 2 heterocycles. The lowest BCUT2D eigenvalue weighted by molar-refractivity contribution is 0.0640. The van der Waals surface area contributed by atoms with Gasteiger partial charge >= 0.3 is 12.1 Å². The van der Waals surface area contributed by atoms with Crippen molar-refractivity contribution in [1.82, 2.24) is 4.98 Å². The Morgan fingerprint density at radius 1 is 1.19 bits per heavy atom. The van der Waals surface area contributed by atoms with Gasteiger partial charge < -0.3 is 19.6 Å². The summed E-state index contributed by atoms with van der Waals surface area (Å²) in [5.74, 6) is -0.826. The summed E-state index contributed by atoms with van der Waals surface area (Å²) in [5, 5.41) is 2.90. The number of amides is 1. The second kappa shape index (κ2) is 8.19. The summed E-state index contributed by atoms with van der Waals surface area (Å²) in [6, 6.07) is 8.74. The van der Waals surface area contributed by atoms with Gasteiger partial charge in [0.2, 0.25) is 0 Å². The highest BCUT2D eigenvalue weighted by Gasteiger charge is 2.27. The first-order chi connectivity index (χ1) is 14.8. The van der Waals surface area contributed by atoms with Crippen LogP contribution in [0.25, 0.3) is 32.9 Å². The van der Waals surface area contributed by atoms with Crippen molar-refractivity contribution in [3.63, 3.8) is 0 Å². The highest BCUT2D eigenvalue weighted by Crippen LogP contribution is 2.41. The van der Waals surface area contributed by atoms with Crippen molar-refractivity contribution in [2.45, 2.75) is 20.0 Å². The largest absolute Gasteiger partial charge is 0.490 e. The van der Waals surface area contributed by atoms with Crippen LogP contribution in [0.3, 0.4) is 0 Å². The maximum Gasteiger partial charge on any atom is 0.412 e. The molecule has 0 bridgehead atoms. The molecule has 0 fully saturated rings. The summed E-state index contributed by atoms with van der Waals surface area (Å²) >= 11 is 1.42. The summed E-state index contributed by atoms with van der Waals surface area (Å²) in [6.45, 7) is 3.74. The molecule has 9 heteroatoms. The number of benzene rings is 2. The molecule has 1 amide bonds. The SMILES string of the molecule is CC(C)Oc1cc2c(C(=O)OC(N)=O)c(-c3ccc(F)cc3)oc2cc1-c1nccs1. The molecule has 0 atom stereocenters. The summed E-state index contributed by atoms with van der Waals surface area (Å²) < 4.78 is 30.0. The molecular weight excluding hydrogens is 423 g/mol. The van der Waals surface area contributed by atoms with Crippen LogP contribution in [0, 0.1) is 5.82 Å². The van der Waals surface area contributed by atoms with Crippen LogP contribution in [0.2, 0.25) is 0 Å². The number of halogens is 1. The molecule has 0 aliphatic carbocycles. The monoisotopic (exact) mass is 440 g/mol. The van der Waals surface area contributed by atoms with E-state index in [-0.39, 0.29) is 17.4 Å². The quantitative estimate of drug-likeness (QED) is 0.330. The van der Waals surface area contributed by atoms with Crippen LogP contribution in [-0.2, 0) is 4.74 Å². The highest BCUT2D eigenvalue weighted by molar-refractivity contribution is 7.13. The average Bonchev–Trinajstić information content (AvgIpc) is 3.34. The minimum Gasteiger partial charge on any atom is -0.490 e. The average molecular weight is 440 g/mol. The first kappa shape index (κ1) is 20.5. The number of ether oxygens (including phenoxy) is 2. The normalized spacial score (nSPS) is 11.1. The molecule has 0 spiro atoms. The molecule has 0 unspecified atom stereocenters. The van der Waals surface area contributed by atoms with Crippen LogP contribution in [0.15, 0.2) is 52.4 Å². The zero-order chi connectivity index (χ0) is 22.1. The van der Waals surface area contributed by atoms with E-state index in [1.807, 2.05) is 19.2 Å². The highest BCUT2D eigenvalue weighted by atomic mass is 32.1. The Balaban J connectivity index is 1.99. The fourth-order valence-corrected chi connectivity index (χ4v) is 3.81. The molecule has 0 aliphatic heterocycles. The molecule has 2 aromatic heterocycles. The fourth-order valence-electron chi connectivity index (χ4n) is 3.15. The number of furan rings is 1. The number of hydrogen-bond donors (Lipinski definition) is 1. The van der Waals surface area contributed by atoms with Crippen LogP contribution in [0.1, 0.15) is 24.2 Å². The van der Waals surface area contributed by atoms with Crippen molar-refractivity contribution in [1.29, 1.82) is 0 Å². The zero-order valence-corrected chi connectivity index (χ0v) is 17.4. The number of fused-ring (bicyclic) bond motifs is 1. The number of rotatable bonds is 5. The number of thiazole rings is 1. The molecule has 158 valence electrons. The Bertz CT molecular complexity index is 1260. The Labute approximate surface area is 180 Å². The van der Waals surface area contributed by atoms with Gasteiger partial charge in [-0.3, -0.25) is 0 Å². The van der Waals surface area contributed by atoms with E-state index in [0.29, 0.717) is 32.9 Å². The number of nitrogens with zero attached hydrogens (tertiary/aromatic N) is 1. The van der Waals surface area contributed by atoms with Gasteiger partial charge in [-0.25, -0.2) is 19.0 Å². The molecule has 0 saturated heterocycles. The van der Waals surface area contributed by atoms with E-state index in [1.54, 1.807) is 18.3 Å². The Kier molecular flexibility index (Phi) is 5.43. The molecular formula is C22H17FN2O5S. The standard InChI is InChI=1S/C22H17FN2O5S/c1-11(2)28-17-9-14-16(10-15(17)20-25-7-8-31-20)29-19(12-3-5-13(23)6-4-12)18(14)21(26)30-22(24)27/h3-11H,1-2H3,(H2,24,27). The summed E-state index contributed by atoms with van der Waals surface area (Å²) in [6.07, 6.45) is 0.272. The summed E-state index contributed by atoms with van der Waals surface area (Å²) in [4.78, 5) is 28.3. The van der Waals surface area contributed by atoms with Crippen molar-refractivity contribution in [2.75, 3.05) is 0 Å². The van der Waals surface area contributed by atoms with Crippen molar-refractivity contribution >= 4 is 34.4 Å². The molecule has 0 radical (unpaired) electrons. The van der Waals surface area contributed by atoms with Crippen LogP contribution in [0.5, 0.6) is 5.75 Å². The van der Waals surface area contributed by atoms with E-state index in [0.717, 1.165) is 0 Å². The molecule has 31 heavy (non-hydrogen) atoms. The molecule has 4 aromatic rings. The van der Waals surface area contributed by atoms with E-state index < -0.39 is 17.9 Å². The smallest absolute Gasteiger partial charge is 0.412 e. The van der Waals surface area contributed by atoms with Gasteiger partial charge in [0.05, 0.1) is 11.7 Å². The number of primary amides is 1. The van der Waals surface area contributed by atoms with E-state index in [9.17, 15) is 14.0 Å². The molecule has 2 aromatic carbocycles. The second-order valence-corrected chi connectivity index (χ2v) is 7.76. The zero-order valence-electron chi connectivity index (χ0n) is 16.5. The molecule has 0 saturated carbocycles. The third-order valence-corrected chi connectivity index (χ3v) is 5.13. The van der Waals surface area contributed by atoms with Gasteiger partial charge in [-0.15, -0.1) is 11.3 Å². The molecule has 7 nitrogen and oxygen atoms in total. The Morgan fingerprint density at radius 2 is 1.94 bits per heavy atom. The topological polar surface area (TPSA) is 105 Å². The number of hydrogen-bond acceptors (Lipinski definition) is 7. The second-order valence-electron chi connectivity index (χ2n) is 6.87. The van der Waals surface area contributed by atoms with Crippen LogP contribution >= 0.6 is 11.3 Å². The first-order valence-electron chi connectivity index (χ1n) is 9.28. The molecule has 4 rings (SSSR count). The van der Waals surface area contributed by atoms with Gasteiger partial charge in [0.25, 0.3) is 0 Å². The molecule has 0 aliphatic rings. The number of esters is 1. The van der Waals surface area contributed by atoms with Gasteiger partial charge in [-0.05, 0) is 50.2 Å². The maximum atomic E-state index is 13.4. The number of carbonyl (C=O) groups is 2. The third-order valence-electron chi connectivity index (χ3n) is 4.32. The lowest BCUT2D eigenvalue weighted by atomic mass is 10.0. The third kappa shape index (κ3) is 4.13. The van der Waals surface area contributed by atoms with Crippen molar-refractivity contribution < 1.29 is 27.9 Å². The van der Waals surface area contributed by atoms with Gasteiger partial charge in [0.15, 0.2) is 0 Å². The van der Waals surface area contributed by atoms with Crippen molar-refractivity contribution in [3.05, 3.63) is 59.4 Å². The summed E-state index contributed by atoms with van der Waals surface area (Å²) in [7, 11) is 0. The van der Waals surface area contributed by atoms with E-state index in [2.05, 4.69) is 9.72 Å². The predicted octanol–water partition coefficient (Wildman–Crippen LogP) is 5.39. The van der Waals surface area contributed by atoms with Gasteiger partial charge in [-0.1, -0.05) is 0 Å². The first-order valence-corrected chi connectivity index (χ1v) is 10.2. The number of nitrogens with two attached hydrogens (primary N) is 1. The number of aromatic nitrogens is 1. The van der Waals surface area contributed by atoms with E-state index in [1.165, 1.54) is 35.6 Å². The summed E-state index contributed by atoms with van der Waals surface area (Å²) in [5.41, 5.74) is 6.49. The minimum atomic E-state index is -1.25. The van der Waals surface area contributed by atoms with Gasteiger partial charge in [0, 0.05) is 22.5 Å². The molecule has 2 N–H and O–H groups in total. The Morgan fingerprint density at radius 3 is 2.55 bits per heavy atom. The van der Waals surface area contributed by atoms with Crippen molar-refractivity contribution in [2.24, 2.45) is 5.73 Å². The maximum absolute atomic E-state index is 13.4. The van der Waals surface area contributed by atoms with Crippen molar-refractivity contribution in [3.8, 4) is 27.6 Å². The van der Waals surface area contributed by atoms with E-state index >= 15 is 0 Å². The lowest BCUT2D eigenvalue weighted by Gasteiger charge is -2.13. The Hall–Kier alpha value is -3.72. The minimum absolute atomic E-state index is 0.0142. The van der Waals surface area contributed by atoms with Crippen LogP contribution < -0.4 is 10.5 Å². The lowest BCUT2D eigenvalue weighted by Crippen LogP contribution is -2.18. The fraction of sp³-hybridized carbons (Fsp3) is 0.136.